The molecule has 0 aliphatic heterocycles. The Morgan fingerprint density at radius 1 is 1.35 bits per heavy atom. The third-order valence-corrected chi connectivity index (χ3v) is 2.49. The zero-order chi connectivity index (χ0) is 15.2. The Bertz CT molecular complexity index is 448. The van der Waals surface area contributed by atoms with E-state index in [4.69, 9.17) is 0 Å². The summed E-state index contributed by atoms with van der Waals surface area (Å²) in [5, 5.41) is 0. The molecule has 0 aliphatic rings. The number of carbonyl (C=O) groups excluding carboxylic acids is 1. The number of likely N-dealkylation sites (N-methyl/N-ethyl adjacent to an activating group) is 1. The number of hydrogen-bond donors (Lipinski definition) is 0. The maximum atomic E-state index is 13.0. The standard InChI is InChI=1S/C13H15F4NO2/c1-2-18(7-10-4-3-5-11(14)6-10)12(19)8-20-9-13(15,16)17/h3-6H,2,7-9H2,1H3. The van der Waals surface area contributed by atoms with Crippen molar-refractivity contribution in [1.82, 2.24) is 4.90 Å². The average Bonchev–Trinajstić information content (AvgIpc) is 2.34. The number of halogens is 4. The molecule has 0 aromatic heterocycles. The SMILES string of the molecule is CCN(Cc1cccc(F)c1)C(=O)COCC(F)(F)F. The predicted octanol–water partition coefficient (Wildman–Crippen LogP) is 2.75. The van der Waals surface area contributed by atoms with Crippen LogP contribution in [0.15, 0.2) is 24.3 Å². The Morgan fingerprint density at radius 3 is 2.60 bits per heavy atom. The maximum Gasteiger partial charge on any atom is 0.411 e. The molecule has 0 fully saturated rings. The number of rotatable bonds is 6. The van der Waals surface area contributed by atoms with Crippen LogP contribution in [0.2, 0.25) is 0 Å². The van der Waals surface area contributed by atoms with Gasteiger partial charge in [0, 0.05) is 13.1 Å². The van der Waals surface area contributed by atoms with E-state index in [9.17, 15) is 22.4 Å². The van der Waals surface area contributed by atoms with Crippen molar-refractivity contribution in [3.8, 4) is 0 Å². The normalized spacial score (nSPS) is 11.4. The van der Waals surface area contributed by atoms with Crippen molar-refractivity contribution in [2.75, 3.05) is 19.8 Å². The smallest absolute Gasteiger partial charge is 0.362 e. The Labute approximate surface area is 114 Å². The van der Waals surface area contributed by atoms with Gasteiger partial charge in [-0.2, -0.15) is 13.2 Å². The summed E-state index contributed by atoms with van der Waals surface area (Å²) in [5.74, 6) is -1.000. The first-order chi connectivity index (χ1) is 9.31. The number of nitrogens with zero attached hydrogens (tertiary/aromatic N) is 1. The van der Waals surface area contributed by atoms with Gasteiger partial charge in [-0.3, -0.25) is 4.79 Å². The fourth-order valence-corrected chi connectivity index (χ4v) is 1.58. The molecule has 1 rings (SSSR count). The highest BCUT2D eigenvalue weighted by Gasteiger charge is 2.28. The Hall–Kier alpha value is -1.63. The molecule has 0 bridgehead atoms. The number of carbonyl (C=O) groups is 1. The number of hydrogen-bond acceptors (Lipinski definition) is 2. The summed E-state index contributed by atoms with van der Waals surface area (Å²) in [4.78, 5) is 13.0. The van der Waals surface area contributed by atoms with Gasteiger partial charge in [-0.25, -0.2) is 4.39 Å². The third kappa shape index (κ3) is 6.01. The van der Waals surface area contributed by atoms with E-state index < -0.39 is 31.1 Å². The average molecular weight is 293 g/mol. The largest absolute Gasteiger partial charge is 0.411 e. The van der Waals surface area contributed by atoms with Crippen LogP contribution in [0, 0.1) is 5.82 Å². The van der Waals surface area contributed by atoms with Gasteiger partial charge in [0.15, 0.2) is 0 Å². The van der Waals surface area contributed by atoms with Crippen LogP contribution in [0.5, 0.6) is 0 Å². The van der Waals surface area contributed by atoms with Crippen molar-refractivity contribution in [3.05, 3.63) is 35.6 Å². The van der Waals surface area contributed by atoms with Crippen molar-refractivity contribution >= 4 is 5.91 Å². The van der Waals surface area contributed by atoms with Gasteiger partial charge >= 0.3 is 6.18 Å². The molecule has 0 saturated heterocycles. The number of amides is 1. The quantitative estimate of drug-likeness (QED) is 0.755. The lowest BCUT2D eigenvalue weighted by atomic mass is 10.2. The number of alkyl halides is 3. The zero-order valence-corrected chi connectivity index (χ0v) is 10.9. The first kappa shape index (κ1) is 16.4. The minimum Gasteiger partial charge on any atom is -0.362 e. The Morgan fingerprint density at radius 2 is 2.05 bits per heavy atom. The monoisotopic (exact) mass is 293 g/mol. The van der Waals surface area contributed by atoms with Crippen LogP contribution in [0.25, 0.3) is 0 Å². The fraction of sp³-hybridized carbons (Fsp3) is 0.462. The molecule has 112 valence electrons. The van der Waals surface area contributed by atoms with Crippen molar-refractivity contribution in [3.63, 3.8) is 0 Å². The molecule has 0 radical (unpaired) electrons. The van der Waals surface area contributed by atoms with Crippen LogP contribution in [0.4, 0.5) is 17.6 Å². The minimum atomic E-state index is -4.46. The molecule has 3 nitrogen and oxygen atoms in total. The van der Waals surface area contributed by atoms with Crippen molar-refractivity contribution in [2.45, 2.75) is 19.6 Å². The number of benzene rings is 1. The molecule has 0 heterocycles. The van der Waals surface area contributed by atoms with Gasteiger partial charge < -0.3 is 9.64 Å². The zero-order valence-electron chi connectivity index (χ0n) is 10.9. The Balaban J connectivity index is 2.51. The van der Waals surface area contributed by atoms with Crippen LogP contribution >= 0.6 is 0 Å². The molecule has 0 saturated carbocycles. The van der Waals surface area contributed by atoms with Gasteiger partial charge in [0.1, 0.15) is 19.0 Å². The molecule has 1 aromatic carbocycles. The topological polar surface area (TPSA) is 29.5 Å². The molecule has 0 aliphatic carbocycles. The summed E-state index contributed by atoms with van der Waals surface area (Å²) in [5.41, 5.74) is 0.566. The molecular weight excluding hydrogens is 278 g/mol. The van der Waals surface area contributed by atoms with Crippen molar-refractivity contribution < 1.29 is 27.1 Å². The summed E-state index contributed by atoms with van der Waals surface area (Å²) in [6, 6.07) is 5.68. The van der Waals surface area contributed by atoms with Crippen LogP contribution in [-0.2, 0) is 16.1 Å². The first-order valence-electron chi connectivity index (χ1n) is 5.98. The van der Waals surface area contributed by atoms with E-state index >= 15 is 0 Å². The van der Waals surface area contributed by atoms with Crippen LogP contribution in [-0.4, -0.2) is 36.7 Å². The molecular formula is C13H15F4NO2. The molecule has 0 N–H and O–H groups in total. The molecule has 0 atom stereocenters. The summed E-state index contributed by atoms with van der Waals surface area (Å²) in [7, 11) is 0. The van der Waals surface area contributed by atoms with Gasteiger partial charge in [0.25, 0.3) is 0 Å². The van der Waals surface area contributed by atoms with Gasteiger partial charge in [-0.05, 0) is 24.6 Å². The van der Waals surface area contributed by atoms with Crippen LogP contribution < -0.4 is 0 Å². The highest BCUT2D eigenvalue weighted by molar-refractivity contribution is 5.77. The molecule has 20 heavy (non-hydrogen) atoms. The maximum absolute atomic E-state index is 13.0. The van der Waals surface area contributed by atoms with E-state index in [0.717, 1.165) is 0 Å². The second kappa shape index (κ2) is 7.23. The van der Waals surface area contributed by atoms with Gasteiger partial charge in [0.05, 0.1) is 0 Å². The molecule has 1 amide bonds. The second-order valence-corrected chi connectivity index (χ2v) is 4.15. The fourth-order valence-electron chi connectivity index (χ4n) is 1.58. The highest BCUT2D eigenvalue weighted by atomic mass is 19.4. The predicted molar refractivity (Wildman–Crippen MR) is 64.4 cm³/mol. The molecule has 1 aromatic rings. The van der Waals surface area contributed by atoms with Crippen molar-refractivity contribution in [1.29, 1.82) is 0 Å². The van der Waals surface area contributed by atoms with Crippen LogP contribution in [0.3, 0.4) is 0 Å². The summed E-state index contributed by atoms with van der Waals surface area (Å²) in [6.45, 7) is -0.00687. The Kier molecular flexibility index (Phi) is 5.94. The van der Waals surface area contributed by atoms with Gasteiger partial charge in [-0.15, -0.1) is 0 Å². The summed E-state index contributed by atoms with van der Waals surface area (Å²) in [6.07, 6.45) is -4.46. The molecule has 0 unspecified atom stereocenters. The lowest BCUT2D eigenvalue weighted by Crippen LogP contribution is -2.34. The molecule has 0 spiro atoms. The van der Waals surface area contributed by atoms with Gasteiger partial charge in [-0.1, -0.05) is 12.1 Å². The third-order valence-electron chi connectivity index (χ3n) is 2.49. The lowest BCUT2D eigenvalue weighted by Gasteiger charge is -2.21. The van der Waals surface area contributed by atoms with E-state index in [1.165, 1.54) is 23.1 Å². The first-order valence-corrected chi connectivity index (χ1v) is 5.98. The summed E-state index contributed by atoms with van der Waals surface area (Å²) < 4.78 is 53.0. The van der Waals surface area contributed by atoms with E-state index in [-0.39, 0.29) is 6.54 Å². The highest BCUT2D eigenvalue weighted by Crippen LogP contribution is 2.14. The van der Waals surface area contributed by atoms with E-state index in [1.807, 2.05) is 0 Å². The van der Waals surface area contributed by atoms with Crippen molar-refractivity contribution in [2.24, 2.45) is 0 Å². The van der Waals surface area contributed by atoms with E-state index in [2.05, 4.69) is 4.74 Å². The van der Waals surface area contributed by atoms with Gasteiger partial charge in [0.2, 0.25) is 5.91 Å². The van der Waals surface area contributed by atoms with Crippen LogP contribution in [0.1, 0.15) is 12.5 Å². The number of ether oxygens (including phenoxy) is 1. The van der Waals surface area contributed by atoms with E-state index in [1.54, 1.807) is 13.0 Å². The minimum absolute atomic E-state index is 0.127. The molecule has 7 heteroatoms. The second-order valence-electron chi connectivity index (χ2n) is 4.15. The summed E-state index contributed by atoms with van der Waals surface area (Å²) >= 11 is 0. The van der Waals surface area contributed by atoms with E-state index in [0.29, 0.717) is 12.1 Å². The lowest BCUT2D eigenvalue weighted by molar-refractivity contribution is -0.177.